The van der Waals surface area contributed by atoms with E-state index < -0.39 is 0 Å². The van der Waals surface area contributed by atoms with Gasteiger partial charge in [0.2, 0.25) is 0 Å². The van der Waals surface area contributed by atoms with Crippen LogP contribution in [-0.2, 0) is 6.54 Å². The van der Waals surface area contributed by atoms with Crippen molar-refractivity contribution in [2.45, 2.75) is 20.4 Å². The third-order valence-corrected chi connectivity index (χ3v) is 2.76. The highest BCUT2D eigenvalue weighted by Gasteiger charge is 2.06. The van der Waals surface area contributed by atoms with E-state index in [2.05, 4.69) is 61.1 Å². The van der Waals surface area contributed by atoms with Gasteiger partial charge in [-0.1, -0.05) is 24.3 Å². The van der Waals surface area contributed by atoms with Crippen molar-refractivity contribution in [2.75, 3.05) is 0 Å². The van der Waals surface area contributed by atoms with Crippen LogP contribution in [0.2, 0.25) is 0 Å². The molecule has 2 rings (SSSR count). The zero-order chi connectivity index (χ0) is 10.7. The Hall–Kier alpha value is -1.63. The number of nitrogens with zero attached hydrogens (tertiary/aromatic N) is 1. The SMILES string of the molecule is Cc1cccc(C)c1C[n+]1ccccc1. The van der Waals surface area contributed by atoms with Gasteiger partial charge in [0.05, 0.1) is 0 Å². The Labute approximate surface area is 91.0 Å². The lowest BCUT2D eigenvalue weighted by Crippen LogP contribution is -2.33. The van der Waals surface area contributed by atoms with E-state index in [0.717, 1.165) is 6.54 Å². The van der Waals surface area contributed by atoms with Crippen molar-refractivity contribution in [3.05, 3.63) is 65.5 Å². The van der Waals surface area contributed by atoms with Crippen LogP contribution in [0.25, 0.3) is 0 Å². The van der Waals surface area contributed by atoms with E-state index in [1.54, 1.807) is 0 Å². The summed E-state index contributed by atoms with van der Waals surface area (Å²) in [5.74, 6) is 0. The van der Waals surface area contributed by atoms with Crippen LogP contribution >= 0.6 is 0 Å². The quantitative estimate of drug-likeness (QED) is 0.653. The molecular formula is C14H16N+. The molecule has 15 heavy (non-hydrogen) atoms. The molecular weight excluding hydrogens is 182 g/mol. The minimum atomic E-state index is 0.958. The summed E-state index contributed by atoms with van der Waals surface area (Å²) < 4.78 is 2.20. The number of pyridine rings is 1. The van der Waals surface area contributed by atoms with Gasteiger partial charge in [0.1, 0.15) is 0 Å². The van der Waals surface area contributed by atoms with Crippen molar-refractivity contribution in [2.24, 2.45) is 0 Å². The fourth-order valence-electron chi connectivity index (χ4n) is 1.82. The molecule has 0 aliphatic heterocycles. The minimum Gasteiger partial charge on any atom is -0.201 e. The highest BCUT2D eigenvalue weighted by atomic mass is 14.9. The second kappa shape index (κ2) is 4.26. The first kappa shape index (κ1) is 9.91. The zero-order valence-corrected chi connectivity index (χ0v) is 9.27. The summed E-state index contributed by atoms with van der Waals surface area (Å²) in [6.07, 6.45) is 4.21. The van der Waals surface area contributed by atoms with Gasteiger partial charge in [-0.25, -0.2) is 4.57 Å². The molecule has 1 heterocycles. The van der Waals surface area contributed by atoms with E-state index in [0.29, 0.717) is 0 Å². The van der Waals surface area contributed by atoms with Gasteiger partial charge in [-0.05, 0) is 25.0 Å². The first-order valence-electron chi connectivity index (χ1n) is 5.26. The van der Waals surface area contributed by atoms with Gasteiger partial charge in [0.15, 0.2) is 18.9 Å². The molecule has 0 radical (unpaired) electrons. The van der Waals surface area contributed by atoms with Gasteiger partial charge >= 0.3 is 0 Å². The molecule has 0 aliphatic rings. The number of aromatic nitrogens is 1. The van der Waals surface area contributed by atoms with Gasteiger partial charge in [-0.3, -0.25) is 0 Å². The molecule has 0 amide bonds. The van der Waals surface area contributed by atoms with Crippen LogP contribution in [-0.4, -0.2) is 0 Å². The lowest BCUT2D eigenvalue weighted by atomic mass is 10.0. The van der Waals surface area contributed by atoms with Gasteiger partial charge in [-0.15, -0.1) is 0 Å². The number of benzene rings is 1. The molecule has 0 saturated carbocycles. The van der Waals surface area contributed by atoms with Crippen LogP contribution in [0.5, 0.6) is 0 Å². The Balaban J connectivity index is 2.32. The lowest BCUT2D eigenvalue weighted by Gasteiger charge is -2.05. The van der Waals surface area contributed by atoms with Crippen LogP contribution < -0.4 is 4.57 Å². The first-order chi connectivity index (χ1) is 7.27. The number of rotatable bonds is 2. The summed E-state index contributed by atoms with van der Waals surface area (Å²) in [5, 5.41) is 0. The molecule has 0 atom stereocenters. The zero-order valence-electron chi connectivity index (χ0n) is 9.27. The van der Waals surface area contributed by atoms with E-state index in [1.807, 2.05) is 6.07 Å². The number of hydrogen-bond donors (Lipinski definition) is 0. The maximum atomic E-state index is 2.20. The predicted octanol–water partition coefficient (Wildman–Crippen LogP) is 2.64. The molecule has 0 fully saturated rings. The van der Waals surface area contributed by atoms with Gasteiger partial charge in [0, 0.05) is 17.7 Å². The molecule has 0 bridgehead atoms. The Bertz CT molecular complexity index is 426. The third kappa shape index (κ3) is 2.24. The van der Waals surface area contributed by atoms with Crippen LogP contribution in [0.15, 0.2) is 48.8 Å². The molecule has 0 saturated heterocycles. The maximum Gasteiger partial charge on any atom is 0.174 e. The topological polar surface area (TPSA) is 3.88 Å². The maximum absolute atomic E-state index is 2.20. The Morgan fingerprint density at radius 2 is 1.47 bits per heavy atom. The minimum absolute atomic E-state index is 0.958. The molecule has 0 spiro atoms. The fraction of sp³-hybridized carbons (Fsp3) is 0.214. The second-order valence-corrected chi connectivity index (χ2v) is 3.92. The number of hydrogen-bond acceptors (Lipinski definition) is 0. The second-order valence-electron chi connectivity index (χ2n) is 3.92. The van der Waals surface area contributed by atoms with Crippen LogP contribution in [0.3, 0.4) is 0 Å². The summed E-state index contributed by atoms with van der Waals surface area (Å²) in [6.45, 7) is 5.30. The summed E-state index contributed by atoms with van der Waals surface area (Å²) in [5.41, 5.74) is 4.16. The highest BCUT2D eigenvalue weighted by molar-refractivity contribution is 5.32. The molecule has 1 aromatic heterocycles. The van der Waals surface area contributed by atoms with Gasteiger partial charge < -0.3 is 0 Å². The van der Waals surface area contributed by atoms with Crippen LogP contribution in [0.4, 0.5) is 0 Å². The third-order valence-electron chi connectivity index (χ3n) is 2.76. The summed E-state index contributed by atoms with van der Waals surface area (Å²) in [4.78, 5) is 0. The molecule has 2 aromatic rings. The highest BCUT2D eigenvalue weighted by Crippen LogP contribution is 2.12. The Kier molecular flexibility index (Phi) is 2.82. The summed E-state index contributed by atoms with van der Waals surface area (Å²) >= 11 is 0. The fourth-order valence-corrected chi connectivity index (χ4v) is 1.82. The van der Waals surface area contributed by atoms with Gasteiger partial charge in [0.25, 0.3) is 0 Å². The smallest absolute Gasteiger partial charge is 0.174 e. The van der Waals surface area contributed by atoms with Crippen molar-refractivity contribution < 1.29 is 4.57 Å². The Morgan fingerprint density at radius 3 is 2.07 bits per heavy atom. The molecule has 1 aromatic carbocycles. The van der Waals surface area contributed by atoms with E-state index >= 15 is 0 Å². The van der Waals surface area contributed by atoms with Crippen LogP contribution in [0.1, 0.15) is 16.7 Å². The molecule has 1 heteroatoms. The van der Waals surface area contributed by atoms with Crippen molar-refractivity contribution in [3.63, 3.8) is 0 Å². The summed E-state index contributed by atoms with van der Waals surface area (Å²) in [7, 11) is 0. The average molecular weight is 198 g/mol. The largest absolute Gasteiger partial charge is 0.201 e. The van der Waals surface area contributed by atoms with E-state index in [-0.39, 0.29) is 0 Å². The van der Waals surface area contributed by atoms with E-state index in [1.165, 1.54) is 16.7 Å². The van der Waals surface area contributed by atoms with Crippen molar-refractivity contribution in [1.29, 1.82) is 0 Å². The summed E-state index contributed by atoms with van der Waals surface area (Å²) in [6, 6.07) is 12.6. The van der Waals surface area contributed by atoms with E-state index in [9.17, 15) is 0 Å². The molecule has 1 nitrogen and oxygen atoms in total. The molecule has 76 valence electrons. The molecule has 0 unspecified atom stereocenters. The van der Waals surface area contributed by atoms with E-state index in [4.69, 9.17) is 0 Å². The van der Waals surface area contributed by atoms with Gasteiger partial charge in [-0.2, -0.15) is 0 Å². The molecule has 0 aliphatic carbocycles. The lowest BCUT2D eigenvalue weighted by molar-refractivity contribution is -0.688. The van der Waals surface area contributed by atoms with Crippen molar-refractivity contribution in [1.82, 2.24) is 0 Å². The number of aryl methyl sites for hydroxylation is 2. The standard InChI is InChI=1S/C14H16N/c1-12-7-6-8-13(2)14(12)11-15-9-4-3-5-10-15/h3-10H,11H2,1-2H3/q+1. The normalized spacial score (nSPS) is 10.3. The Morgan fingerprint density at radius 1 is 0.867 bits per heavy atom. The molecule has 0 N–H and O–H groups in total. The average Bonchev–Trinajstić information content (AvgIpc) is 2.25. The first-order valence-corrected chi connectivity index (χ1v) is 5.26. The van der Waals surface area contributed by atoms with Crippen molar-refractivity contribution in [3.8, 4) is 0 Å². The predicted molar refractivity (Wildman–Crippen MR) is 61.7 cm³/mol. The van der Waals surface area contributed by atoms with Crippen molar-refractivity contribution >= 4 is 0 Å². The monoisotopic (exact) mass is 198 g/mol. The van der Waals surface area contributed by atoms with Crippen LogP contribution in [0, 0.1) is 13.8 Å².